The van der Waals surface area contributed by atoms with Crippen molar-refractivity contribution in [2.24, 2.45) is 5.92 Å². The molecular weight excluding hydrogens is 216 g/mol. The standard InChI is InChI=1S/C13H20N2O2/c14-10-11-5-7-15(8-6-11)13(16)4-3-12-2-1-9-17-12/h11-12H,1-9H2. The van der Waals surface area contributed by atoms with Gasteiger partial charge >= 0.3 is 0 Å². The van der Waals surface area contributed by atoms with Crippen molar-refractivity contribution in [1.82, 2.24) is 4.90 Å². The second kappa shape index (κ2) is 6.02. The normalized spacial score (nSPS) is 25.8. The number of likely N-dealkylation sites (tertiary alicyclic amines) is 1. The lowest BCUT2D eigenvalue weighted by molar-refractivity contribution is -0.133. The highest BCUT2D eigenvalue weighted by molar-refractivity contribution is 5.76. The highest BCUT2D eigenvalue weighted by Gasteiger charge is 2.23. The van der Waals surface area contributed by atoms with Crippen LogP contribution in [0.5, 0.6) is 0 Å². The average molecular weight is 236 g/mol. The van der Waals surface area contributed by atoms with Crippen LogP contribution in [0.15, 0.2) is 0 Å². The first-order chi connectivity index (χ1) is 8.29. The van der Waals surface area contributed by atoms with E-state index in [4.69, 9.17) is 10.00 Å². The highest BCUT2D eigenvalue weighted by atomic mass is 16.5. The zero-order valence-electron chi connectivity index (χ0n) is 10.2. The van der Waals surface area contributed by atoms with Crippen LogP contribution in [-0.4, -0.2) is 36.6 Å². The van der Waals surface area contributed by atoms with Crippen molar-refractivity contribution in [2.75, 3.05) is 19.7 Å². The predicted molar refractivity (Wildman–Crippen MR) is 63.1 cm³/mol. The van der Waals surface area contributed by atoms with Gasteiger partial charge in [-0.3, -0.25) is 4.79 Å². The minimum Gasteiger partial charge on any atom is -0.378 e. The first-order valence-electron chi connectivity index (χ1n) is 6.58. The smallest absolute Gasteiger partial charge is 0.222 e. The SMILES string of the molecule is N#CC1CCN(C(=O)CCC2CCCO2)CC1. The Morgan fingerprint density at radius 1 is 1.35 bits per heavy atom. The number of carbonyl (C=O) groups is 1. The zero-order chi connectivity index (χ0) is 12.1. The molecule has 17 heavy (non-hydrogen) atoms. The van der Waals surface area contributed by atoms with Crippen molar-refractivity contribution in [3.05, 3.63) is 0 Å². The van der Waals surface area contributed by atoms with Crippen molar-refractivity contribution in [1.29, 1.82) is 5.26 Å². The first-order valence-corrected chi connectivity index (χ1v) is 6.58. The molecule has 0 aromatic heterocycles. The van der Waals surface area contributed by atoms with Gasteiger partial charge in [0.05, 0.1) is 12.2 Å². The molecular formula is C13H20N2O2. The summed E-state index contributed by atoms with van der Waals surface area (Å²) in [5.74, 6) is 0.383. The van der Waals surface area contributed by atoms with Crippen molar-refractivity contribution in [3.63, 3.8) is 0 Å². The molecule has 0 spiro atoms. The van der Waals surface area contributed by atoms with E-state index in [1.807, 2.05) is 4.90 Å². The van der Waals surface area contributed by atoms with E-state index in [1.54, 1.807) is 0 Å². The summed E-state index contributed by atoms with van der Waals surface area (Å²) >= 11 is 0. The van der Waals surface area contributed by atoms with Crippen LogP contribution in [-0.2, 0) is 9.53 Å². The number of hydrogen-bond acceptors (Lipinski definition) is 3. The van der Waals surface area contributed by atoms with Gasteiger partial charge in [0.25, 0.3) is 0 Å². The summed E-state index contributed by atoms with van der Waals surface area (Å²) in [4.78, 5) is 13.8. The molecule has 2 fully saturated rings. The Kier molecular flexibility index (Phi) is 4.38. The topological polar surface area (TPSA) is 53.3 Å². The fourth-order valence-corrected chi connectivity index (χ4v) is 2.57. The maximum absolute atomic E-state index is 11.9. The lowest BCUT2D eigenvalue weighted by Crippen LogP contribution is -2.38. The zero-order valence-corrected chi connectivity index (χ0v) is 10.2. The highest BCUT2D eigenvalue weighted by Crippen LogP contribution is 2.20. The Bertz CT molecular complexity index is 297. The van der Waals surface area contributed by atoms with Gasteiger partial charge in [0, 0.05) is 32.0 Å². The number of rotatable bonds is 3. The molecule has 94 valence electrons. The van der Waals surface area contributed by atoms with E-state index in [-0.39, 0.29) is 11.8 Å². The van der Waals surface area contributed by atoms with Crippen LogP contribution >= 0.6 is 0 Å². The fraction of sp³-hybridized carbons (Fsp3) is 0.846. The van der Waals surface area contributed by atoms with Gasteiger partial charge in [-0.15, -0.1) is 0 Å². The molecule has 0 saturated carbocycles. The number of carbonyl (C=O) groups excluding carboxylic acids is 1. The van der Waals surface area contributed by atoms with Gasteiger partial charge in [-0.2, -0.15) is 5.26 Å². The molecule has 0 aromatic rings. The molecule has 0 radical (unpaired) electrons. The number of amides is 1. The van der Waals surface area contributed by atoms with Crippen LogP contribution in [0.4, 0.5) is 0 Å². The molecule has 0 N–H and O–H groups in total. The third-order valence-electron chi connectivity index (χ3n) is 3.73. The second-order valence-corrected chi connectivity index (χ2v) is 4.96. The third-order valence-corrected chi connectivity index (χ3v) is 3.73. The van der Waals surface area contributed by atoms with Gasteiger partial charge in [0.1, 0.15) is 0 Å². The number of nitriles is 1. The van der Waals surface area contributed by atoms with Crippen LogP contribution in [0.1, 0.15) is 38.5 Å². The molecule has 4 heteroatoms. The predicted octanol–water partition coefficient (Wildman–Crippen LogP) is 1.71. The molecule has 0 bridgehead atoms. The van der Waals surface area contributed by atoms with Gasteiger partial charge < -0.3 is 9.64 Å². The van der Waals surface area contributed by atoms with Crippen LogP contribution in [0.3, 0.4) is 0 Å². The molecule has 2 rings (SSSR count). The van der Waals surface area contributed by atoms with Gasteiger partial charge in [-0.25, -0.2) is 0 Å². The summed E-state index contributed by atoms with van der Waals surface area (Å²) in [5, 5.41) is 8.79. The van der Waals surface area contributed by atoms with E-state index in [2.05, 4.69) is 6.07 Å². The quantitative estimate of drug-likeness (QED) is 0.749. The average Bonchev–Trinajstić information content (AvgIpc) is 2.89. The molecule has 1 atom stereocenters. The van der Waals surface area contributed by atoms with Crippen molar-refractivity contribution < 1.29 is 9.53 Å². The Morgan fingerprint density at radius 3 is 2.71 bits per heavy atom. The summed E-state index contributed by atoms with van der Waals surface area (Å²) < 4.78 is 5.51. The summed E-state index contributed by atoms with van der Waals surface area (Å²) in [5.41, 5.74) is 0. The Balaban J connectivity index is 1.68. The van der Waals surface area contributed by atoms with Crippen molar-refractivity contribution in [2.45, 2.75) is 44.6 Å². The summed E-state index contributed by atoms with van der Waals surface area (Å²) in [6, 6.07) is 2.28. The molecule has 1 unspecified atom stereocenters. The van der Waals surface area contributed by atoms with Crippen LogP contribution < -0.4 is 0 Å². The Morgan fingerprint density at radius 2 is 2.12 bits per heavy atom. The van der Waals surface area contributed by atoms with E-state index in [9.17, 15) is 4.79 Å². The minimum absolute atomic E-state index is 0.150. The van der Waals surface area contributed by atoms with E-state index in [0.29, 0.717) is 12.5 Å². The van der Waals surface area contributed by atoms with E-state index in [0.717, 1.165) is 51.8 Å². The third kappa shape index (κ3) is 3.44. The number of ether oxygens (including phenoxy) is 1. The molecule has 2 heterocycles. The monoisotopic (exact) mass is 236 g/mol. The Hall–Kier alpha value is -1.08. The van der Waals surface area contributed by atoms with E-state index in [1.165, 1.54) is 0 Å². The van der Waals surface area contributed by atoms with Crippen molar-refractivity contribution >= 4 is 5.91 Å². The number of nitrogens with zero attached hydrogens (tertiary/aromatic N) is 2. The van der Waals surface area contributed by atoms with E-state index >= 15 is 0 Å². The van der Waals surface area contributed by atoms with Crippen LogP contribution in [0.2, 0.25) is 0 Å². The minimum atomic E-state index is 0.150. The summed E-state index contributed by atoms with van der Waals surface area (Å²) in [6.45, 7) is 2.36. The van der Waals surface area contributed by atoms with Crippen molar-refractivity contribution in [3.8, 4) is 6.07 Å². The number of hydrogen-bond donors (Lipinski definition) is 0. The summed E-state index contributed by atoms with van der Waals surface area (Å²) in [6.07, 6.45) is 5.66. The van der Waals surface area contributed by atoms with Gasteiger partial charge in [-0.1, -0.05) is 0 Å². The fourth-order valence-electron chi connectivity index (χ4n) is 2.57. The summed E-state index contributed by atoms with van der Waals surface area (Å²) in [7, 11) is 0. The molecule has 0 aliphatic carbocycles. The Labute approximate surface area is 103 Å². The molecule has 2 aliphatic rings. The lowest BCUT2D eigenvalue weighted by Gasteiger charge is -2.29. The lowest BCUT2D eigenvalue weighted by atomic mass is 9.98. The van der Waals surface area contributed by atoms with Gasteiger partial charge in [0.2, 0.25) is 5.91 Å². The van der Waals surface area contributed by atoms with Crippen LogP contribution in [0, 0.1) is 17.2 Å². The molecule has 2 aliphatic heterocycles. The van der Waals surface area contributed by atoms with Crippen LogP contribution in [0.25, 0.3) is 0 Å². The largest absolute Gasteiger partial charge is 0.378 e. The first kappa shape index (κ1) is 12.4. The maximum atomic E-state index is 11.9. The molecule has 0 aromatic carbocycles. The van der Waals surface area contributed by atoms with Gasteiger partial charge in [0.15, 0.2) is 0 Å². The van der Waals surface area contributed by atoms with E-state index < -0.39 is 0 Å². The number of piperidine rings is 1. The maximum Gasteiger partial charge on any atom is 0.222 e. The molecule has 4 nitrogen and oxygen atoms in total. The molecule has 2 saturated heterocycles. The second-order valence-electron chi connectivity index (χ2n) is 4.96. The van der Waals surface area contributed by atoms with Gasteiger partial charge in [-0.05, 0) is 32.1 Å². The molecule has 1 amide bonds.